The van der Waals surface area contributed by atoms with E-state index in [1.807, 2.05) is 6.92 Å². The van der Waals surface area contributed by atoms with E-state index >= 15 is 0 Å². The van der Waals surface area contributed by atoms with Gasteiger partial charge in [-0.15, -0.1) is 0 Å². The van der Waals surface area contributed by atoms with Gasteiger partial charge in [-0.3, -0.25) is 0 Å². The third-order valence-electron chi connectivity index (χ3n) is 2.67. The first kappa shape index (κ1) is 17.8. The summed E-state index contributed by atoms with van der Waals surface area (Å²) in [7, 11) is -3.76. The summed E-state index contributed by atoms with van der Waals surface area (Å²) in [5.74, 6) is 0. The van der Waals surface area contributed by atoms with Crippen molar-refractivity contribution in [3.8, 4) is 0 Å². The van der Waals surface area contributed by atoms with Crippen LogP contribution in [0.4, 0.5) is 18.9 Å². The van der Waals surface area contributed by atoms with Crippen molar-refractivity contribution < 1.29 is 21.6 Å². The number of benzene rings is 1. The molecule has 4 nitrogen and oxygen atoms in total. The summed E-state index contributed by atoms with van der Waals surface area (Å²) in [5, 5.41) is 3.10. The molecule has 21 heavy (non-hydrogen) atoms. The molecular formula is C13H19F3N2O2S. The van der Waals surface area contributed by atoms with Crippen molar-refractivity contribution in [2.75, 3.05) is 18.4 Å². The van der Waals surface area contributed by atoms with Crippen molar-refractivity contribution in [1.29, 1.82) is 0 Å². The topological polar surface area (TPSA) is 58.2 Å². The lowest BCUT2D eigenvalue weighted by Crippen LogP contribution is -2.25. The molecule has 0 spiro atoms. The Morgan fingerprint density at radius 3 is 2.24 bits per heavy atom. The van der Waals surface area contributed by atoms with Crippen molar-refractivity contribution in [3.63, 3.8) is 0 Å². The van der Waals surface area contributed by atoms with Gasteiger partial charge in [0.1, 0.15) is 0 Å². The van der Waals surface area contributed by atoms with E-state index in [4.69, 9.17) is 0 Å². The normalized spacial score (nSPS) is 12.4. The van der Waals surface area contributed by atoms with Gasteiger partial charge < -0.3 is 5.32 Å². The number of anilines is 1. The second kappa shape index (κ2) is 7.65. The van der Waals surface area contributed by atoms with Crippen LogP contribution in [0.5, 0.6) is 0 Å². The fourth-order valence-electron chi connectivity index (χ4n) is 1.60. The number of rotatable bonds is 8. The molecule has 0 fully saturated rings. The first-order valence-corrected chi connectivity index (χ1v) is 8.13. The number of sulfonamides is 1. The molecule has 1 aromatic carbocycles. The molecule has 1 rings (SSSR count). The largest absolute Gasteiger partial charge is 0.389 e. The Kier molecular flexibility index (Phi) is 6.47. The van der Waals surface area contributed by atoms with Crippen LogP contribution in [0.2, 0.25) is 0 Å². The first-order chi connectivity index (χ1) is 9.74. The zero-order chi connectivity index (χ0) is 15.9. The molecule has 8 heteroatoms. The lowest BCUT2D eigenvalue weighted by Gasteiger charge is -2.09. The number of alkyl halides is 3. The monoisotopic (exact) mass is 324 g/mol. The molecular weight excluding hydrogens is 305 g/mol. The van der Waals surface area contributed by atoms with E-state index in [0.717, 1.165) is 18.7 Å². The van der Waals surface area contributed by atoms with Crippen molar-refractivity contribution in [2.45, 2.75) is 37.3 Å². The zero-order valence-corrected chi connectivity index (χ0v) is 12.5. The Morgan fingerprint density at radius 2 is 1.71 bits per heavy atom. The van der Waals surface area contributed by atoms with E-state index in [1.165, 1.54) is 12.1 Å². The van der Waals surface area contributed by atoms with Gasteiger partial charge in [0.15, 0.2) is 0 Å². The van der Waals surface area contributed by atoms with E-state index in [9.17, 15) is 21.6 Å². The van der Waals surface area contributed by atoms with Crippen LogP contribution in [0, 0.1) is 0 Å². The average Bonchev–Trinajstić information content (AvgIpc) is 2.41. The van der Waals surface area contributed by atoms with Gasteiger partial charge in [0.05, 0.1) is 4.90 Å². The first-order valence-electron chi connectivity index (χ1n) is 6.65. The highest BCUT2D eigenvalue weighted by Crippen LogP contribution is 2.21. The predicted molar refractivity (Wildman–Crippen MR) is 75.7 cm³/mol. The van der Waals surface area contributed by atoms with Crippen molar-refractivity contribution >= 4 is 15.7 Å². The van der Waals surface area contributed by atoms with Crippen LogP contribution in [-0.2, 0) is 10.0 Å². The molecule has 0 unspecified atom stereocenters. The Balaban J connectivity index is 2.54. The third kappa shape index (κ3) is 6.81. The van der Waals surface area contributed by atoms with Crippen LogP contribution in [-0.4, -0.2) is 27.7 Å². The highest BCUT2D eigenvalue weighted by molar-refractivity contribution is 7.89. The van der Waals surface area contributed by atoms with Crippen LogP contribution in [0.3, 0.4) is 0 Å². The van der Waals surface area contributed by atoms with Gasteiger partial charge >= 0.3 is 6.18 Å². The maximum absolute atomic E-state index is 12.0. The van der Waals surface area contributed by atoms with Gasteiger partial charge in [-0.1, -0.05) is 6.92 Å². The summed E-state index contributed by atoms with van der Waals surface area (Å²) in [5.41, 5.74) is 0.799. The van der Waals surface area contributed by atoms with Gasteiger partial charge in [0, 0.05) is 25.2 Å². The van der Waals surface area contributed by atoms with E-state index in [0.29, 0.717) is 0 Å². The fraction of sp³-hybridized carbons (Fsp3) is 0.538. The smallest absolute Gasteiger partial charge is 0.385 e. The predicted octanol–water partition coefficient (Wildman–Crippen LogP) is 3.13. The molecule has 0 saturated heterocycles. The molecule has 0 aliphatic carbocycles. The van der Waals surface area contributed by atoms with Crippen molar-refractivity contribution in [3.05, 3.63) is 24.3 Å². The maximum Gasteiger partial charge on any atom is 0.389 e. The van der Waals surface area contributed by atoms with Gasteiger partial charge in [0.2, 0.25) is 10.0 Å². The summed E-state index contributed by atoms with van der Waals surface area (Å²) in [6, 6.07) is 6.09. The van der Waals surface area contributed by atoms with Crippen LogP contribution < -0.4 is 10.0 Å². The van der Waals surface area contributed by atoms with Crippen LogP contribution >= 0.6 is 0 Å². The summed E-state index contributed by atoms with van der Waals surface area (Å²) in [6.45, 7) is 2.55. The molecule has 0 aromatic heterocycles. The average molecular weight is 324 g/mol. The number of hydrogen-bond acceptors (Lipinski definition) is 3. The summed E-state index contributed by atoms with van der Waals surface area (Å²) < 4.78 is 61.8. The van der Waals surface area contributed by atoms with Crippen LogP contribution in [0.1, 0.15) is 26.2 Å². The van der Waals surface area contributed by atoms with Gasteiger partial charge in [-0.25, -0.2) is 13.1 Å². The highest BCUT2D eigenvalue weighted by atomic mass is 32.2. The Labute approximate surface area is 122 Å². The SMILES string of the molecule is CCCNc1ccc(S(=O)(=O)NCCCC(F)(F)F)cc1. The zero-order valence-electron chi connectivity index (χ0n) is 11.7. The molecule has 0 heterocycles. The summed E-state index contributed by atoms with van der Waals surface area (Å²) in [4.78, 5) is 0.0385. The Bertz CT molecular complexity index is 527. The van der Waals surface area contributed by atoms with Gasteiger partial charge in [0.25, 0.3) is 0 Å². The molecule has 0 aliphatic rings. The van der Waals surface area contributed by atoms with E-state index in [1.54, 1.807) is 12.1 Å². The standard InChI is InChI=1S/C13H19F3N2O2S/c1-2-9-17-11-4-6-12(7-5-11)21(19,20)18-10-3-8-13(14,15)16/h4-7,17-18H,2-3,8-10H2,1H3. The van der Waals surface area contributed by atoms with E-state index in [2.05, 4.69) is 10.0 Å². The molecule has 2 N–H and O–H groups in total. The molecule has 0 atom stereocenters. The lowest BCUT2D eigenvalue weighted by molar-refractivity contribution is -0.135. The van der Waals surface area contributed by atoms with Crippen molar-refractivity contribution in [1.82, 2.24) is 4.72 Å². The minimum atomic E-state index is -4.27. The van der Waals surface area contributed by atoms with Crippen LogP contribution in [0.15, 0.2) is 29.2 Å². The van der Waals surface area contributed by atoms with Crippen LogP contribution in [0.25, 0.3) is 0 Å². The van der Waals surface area contributed by atoms with E-state index < -0.39 is 22.6 Å². The second-order valence-electron chi connectivity index (χ2n) is 4.57. The third-order valence-corrected chi connectivity index (χ3v) is 4.15. The number of hydrogen-bond donors (Lipinski definition) is 2. The summed E-state index contributed by atoms with van der Waals surface area (Å²) in [6.07, 6.45) is -4.60. The minimum Gasteiger partial charge on any atom is -0.385 e. The Hall–Kier alpha value is -1.28. The molecule has 120 valence electrons. The minimum absolute atomic E-state index is 0.0385. The van der Waals surface area contributed by atoms with Gasteiger partial charge in [-0.2, -0.15) is 13.2 Å². The van der Waals surface area contributed by atoms with Gasteiger partial charge in [-0.05, 0) is 37.1 Å². The highest BCUT2D eigenvalue weighted by Gasteiger charge is 2.26. The fourth-order valence-corrected chi connectivity index (χ4v) is 2.67. The number of halogens is 3. The maximum atomic E-state index is 12.0. The second-order valence-corrected chi connectivity index (χ2v) is 6.33. The Morgan fingerprint density at radius 1 is 1.10 bits per heavy atom. The molecule has 1 aromatic rings. The number of nitrogens with one attached hydrogen (secondary N) is 2. The molecule has 0 saturated carbocycles. The van der Waals surface area contributed by atoms with E-state index in [-0.39, 0.29) is 17.9 Å². The lowest BCUT2D eigenvalue weighted by atomic mass is 10.3. The molecule has 0 bridgehead atoms. The summed E-state index contributed by atoms with van der Waals surface area (Å²) >= 11 is 0. The van der Waals surface area contributed by atoms with Crippen molar-refractivity contribution in [2.24, 2.45) is 0 Å². The quantitative estimate of drug-likeness (QED) is 0.722. The molecule has 0 amide bonds. The molecule has 0 radical (unpaired) electrons. The molecule has 0 aliphatic heterocycles.